The summed E-state index contributed by atoms with van der Waals surface area (Å²) in [6, 6.07) is 0. The molecule has 0 aromatic carbocycles. The quantitative estimate of drug-likeness (QED) is 0.665. The molecular weight excluding hydrogens is 204 g/mol. The lowest BCUT2D eigenvalue weighted by atomic mass is 9.89. The average molecular weight is 228 g/mol. The first-order valence-electron chi connectivity index (χ1n) is 6.15. The summed E-state index contributed by atoms with van der Waals surface area (Å²) in [6.45, 7) is 9.22. The van der Waals surface area contributed by atoms with Crippen LogP contribution in [0.4, 0.5) is 0 Å². The minimum absolute atomic E-state index is 0.169. The summed E-state index contributed by atoms with van der Waals surface area (Å²) in [7, 11) is 0. The number of amides is 1. The molecule has 1 heterocycles. The fraction of sp³-hybridized carbons (Fsp3) is 0.917. The van der Waals surface area contributed by atoms with Gasteiger partial charge in [-0.2, -0.15) is 0 Å². The first kappa shape index (κ1) is 13.5. The van der Waals surface area contributed by atoms with Crippen LogP contribution in [0.25, 0.3) is 0 Å². The highest BCUT2D eigenvalue weighted by Gasteiger charge is 2.35. The Balaban J connectivity index is 2.10. The van der Waals surface area contributed by atoms with Gasteiger partial charge in [-0.3, -0.25) is 4.79 Å². The second-order valence-electron chi connectivity index (χ2n) is 5.02. The molecule has 0 radical (unpaired) electrons. The lowest BCUT2D eigenvalue weighted by molar-refractivity contribution is -0.129. The molecule has 0 saturated carbocycles. The number of nitrogens with one attached hydrogen (secondary N) is 2. The van der Waals surface area contributed by atoms with Gasteiger partial charge in [-0.15, -0.1) is 0 Å². The lowest BCUT2D eigenvalue weighted by Gasteiger charge is -2.21. The highest BCUT2D eigenvalue weighted by atomic mass is 16.5. The van der Waals surface area contributed by atoms with E-state index >= 15 is 0 Å². The molecule has 1 amide bonds. The molecule has 0 aliphatic carbocycles. The molecule has 2 N–H and O–H groups in total. The summed E-state index contributed by atoms with van der Waals surface area (Å²) < 4.78 is 5.41. The minimum atomic E-state index is -0.209. The third kappa shape index (κ3) is 4.10. The highest BCUT2D eigenvalue weighted by Crippen LogP contribution is 2.24. The van der Waals surface area contributed by atoms with E-state index in [4.69, 9.17) is 4.74 Å². The van der Waals surface area contributed by atoms with Crippen LogP contribution in [0.2, 0.25) is 0 Å². The second-order valence-corrected chi connectivity index (χ2v) is 5.02. The van der Waals surface area contributed by atoms with Crippen LogP contribution < -0.4 is 10.6 Å². The van der Waals surface area contributed by atoms with Gasteiger partial charge in [-0.05, 0) is 40.2 Å². The van der Waals surface area contributed by atoms with E-state index in [2.05, 4.69) is 10.6 Å². The minimum Gasteiger partial charge on any atom is -0.379 e. The zero-order valence-corrected chi connectivity index (χ0v) is 10.6. The summed E-state index contributed by atoms with van der Waals surface area (Å²) in [6.07, 6.45) is 2.08. The van der Waals surface area contributed by atoms with Gasteiger partial charge in [0.25, 0.3) is 0 Å². The third-order valence-corrected chi connectivity index (χ3v) is 2.97. The lowest BCUT2D eigenvalue weighted by Crippen LogP contribution is -2.40. The molecule has 0 aromatic heterocycles. The number of rotatable bonds is 6. The SMILES string of the molecule is CC(C)OCCCNC(=O)C1(C)CCNC1. The summed E-state index contributed by atoms with van der Waals surface area (Å²) in [5, 5.41) is 6.20. The molecule has 4 nitrogen and oxygen atoms in total. The van der Waals surface area contributed by atoms with Crippen molar-refractivity contribution in [1.29, 1.82) is 0 Å². The van der Waals surface area contributed by atoms with Gasteiger partial charge in [-0.25, -0.2) is 0 Å². The van der Waals surface area contributed by atoms with Crippen molar-refractivity contribution in [3.8, 4) is 0 Å². The molecule has 0 spiro atoms. The van der Waals surface area contributed by atoms with Crippen LogP contribution in [0.5, 0.6) is 0 Å². The second kappa shape index (κ2) is 6.21. The molecule has 1 saturated heterocycles. The van der Waals surface area contributed by atoms with E-state index in [9.17, 15) is 4.79 Å². The van der Waals surface area contributed by atoms with E-state index in [1.165, 1.54) is 0 Å². The standard InChI is InChI=1S/C12H24N2O2/c1-10(2)16-8-4-6-14-11(15)12(3)5-7-13-9-12/h10,13H,4-9H2,1-3H3,(H,14,15). The Morgan fingerprint density at radius 1 is 1.56 bits per heavy atom. The summed E-state index contributed by atoms with van der Waals surface area (Å²) in [5.41, 5.74) is -0.209. The molecule has 0 bridgehead atoms. The van der Waals surface area contributed by atoms with Gasteiger partial charge in [-0.1, -0.05) is 0 Å². The molecular formula is C12H24N2O2. The molecule has 4 heteroatoms. The van der Waals surface area contributed by atoms with E-state index in [1.807, 2.05) is 20.8 Å². The van der Waals surface area contributed by atoms with Crippen molar-refractivity contribution in [3.63, 3.8) is 0 Å². The van der Waals surface area contributed by atoms with Crippen LogP contribution in [0.1, 0.15) is 33.6 Å². The van der Waals surface area contributed by atoms with Crippen molar-refractivity contribution >= 4 is 5.91 Å². The van der Waals surface area contributed by atoms with Crippen LogP contribution in [0.15, 0.2) is 0 Å². The van der Waals surface area contributed by atoms with Gasteiger partial charge >= 0.3 is 0 Å². The molecule has 0 aromatic rings. The Bertz CT molecular complexity index is 223. The number of ether oxygens (including phenoxy) is 1. The summed E-state index contributed by atoms with van der Waals surface area (Å²) in [4.78, 5) is 11.9. The van der Waals surface area contributed by atoms with Crippen molar-refractivity contribution in [2.75, 3.05) is 26.2 Å². The van der Waals surface area contributed by atoms with Crippen LogP contribution in [0.3, 0.4) is 0 Å². The molecule has 1 rings (SSSR count). The van der Waals surface area contributed by atoms with Gasteiger partial charge in [0.1, 0.15) is 0 Å². The maximum atomic E-state index is 11.9. The fourth-order valence-electron chi connectivity index (χ4n) is 1.82. The molecule has 1 atom stereocenters. The topological polar surface area (TPSA) is 50.4 Å². The Hall–Kier alpha value is -0.610. The third-order valence-electron chi connectivity index (χ3n) is 2.97. The number of hydrogen-bond acceptors (Lipinski definition) is 3. The highest BCUT2D eigenvalue weighted by molar-refractivity contribution is 5.82. The smallest absolute Gasteiger partial charge is 0.227 e. The van der Waals surface area contributed by atoms with Gasteiger partial charge in [0.05, 0.1) is 11.5 Å². The van der Waals surface area contributed by atoms with Gasteiger partial charge in [0, 0.05) is 19.7 Å². The Morgan fingerprint density at radius 2 is 2.31 bits per heavy atom. The average Bonchev–Trinajstić information content (AvgIpc) is 2.65. The Labute approximate surface area is 98.1 Å². The monoisotopic (exact) mass is 228 g/mol. The number of carbonyl (C=O) groups is 1. The van der Waals surface area contributed by atoms with Crippen LogP contribution in [-0.2, 0) is 9.53 Å². The summed E-state index contributed by atoms with van der Waals surface area (Å²) >= 11 is 0. The predicted molar refractivity (Wildman–Crippen MR) is 64.3 cm³/mol. The van der Waals surface area contributed by atoms with Crippen molar-refractivity contribution in [1.82, 2.24) is 10.6 Å². The van der Waals surface area contributed by atoms with E-state index in [-0.39, 0.29) is 17.4 Å². The molecule has 1 aliphatic rings. The van der Waals surface area contributed by atoms with Gasteiger partial charge < -0.3 is 15.4 Å². The molecule has 1 fully saturated rings. The van der Waals surface area contributed by atoms with Crippen molar-refractivity contribution in [3.05, 3.63) is 0 Å². The number of hydrogen-bond donors (Lipinski definition) is 2. The Kier molecular flexibility index (Phi) is 5.22. The van der Waals surface area contributed by atoms with E-state index < -0.39 is 0 Å². The van der Waals surface area contributed by atoms with E-state index in [0.717, 1.165) is 25.9 Å². The van der Waals surface area contributed by atoms with Crippen molar-refractivity contribution in [2.24, 2.45) is 5.41 Å². The zero-order valence-electron chi connectivity index (χ0n) is 10.6. The maximum Gasteiger partial charge on any atom is 0.227 e. The molecule has 94 valence electrons. The molecule has 16 heavy (non-hydrogen) atoms. The van der Waals surface area contributed by atoms with Crippen molar-refractivity contribution in [2.45, 2.75) is 39.7 Å². The van der Waals surface area contributed by atoms with E-state index in [0.29, 0.717) is 13.2 Å². The van der Waals surface area contributed by atoms with E-state index in [1.54, 1.807) is 0 Å². The maximum absolute atomic E-state index is 11.9. The first-order valence-corrected chi connectivity index (χ1v) is 6.15. The van der Waals surface area contributed by atoms with Crippen molar-refractivity contribution < 1.29 is 9.53 Å². The molecule has 1 unspecified atom stereocenters. The number of carbonyl (C=O) groups excluding carboxylic acids is 1. The van der Waals surface area contributed by atoms with Gasteiger partial charge in [0.15, 0.2) is 0 Å². The predicted octanol–water partition coefficient (Wildman–Crippen LogP) is 0.917. The van der Waals surface area contributed by atoms with Crippen LogP contribution >= 0.6 is 0 Å². The van der Waals surface area contributed by atoms with Crippen LogP contribution in [0, 0.1) is 5.41 Å². The molecule has 1 aliphatic heterocycles. The zero-order chi connectivity index (χ0) is 12.0. The largest absolute Gasteiger partial charge is 0.379 e. The fourth-order valence-corrected chi connectivity index (χ4v) is 1.82. The van der Waals surface area contributed by atoms with Gasteiger partial charge in [0.2, 0.25) is 5.91 Å². The summed E-state index contributed by atoms with van der Waals surface area (Å²) in [5.74, 6) is 0.169. The first-order chi connectivity index (χ1) is 7.54. The normalized spacial score (nSPS) is 25.0. The van der Waals surface area contributed by atoms with Crippen LogP contribution in [-0.4, -0.2) is 38.3 Å². The Morgan fingerprint density at radius 3 is 2.88 bits per heavy atom.